The van der Waals surface area contributed by atoms with Gasteiger partial charge in [0.25, 0.3) is 0 Å². The van der Waals surface area contributed by atoms with E-state index in [1.54, 1.807) is 0 Å². The van der Waals surface area contributed by atoms with Gasteiger partial charge >= 0.3 is 0 Å². The van der Waals surface area contributed by atoms with E-state index >= 15 is 0 Å². The van der Waals surface area contributed by atoms with Crippen molar-refractivity contribution >= 4 is 0 Å². The van der Waals surface area contributed by atoms with Crippen molar-refractivity contribution in [3.05, 3.63) is 0 Å². The second-order valence-corrected chi connectivity index (χ2v) is 4.87. The molecule has 3 nitrogen and oxygen atoms in total. The molecule has 2 N–H and O–H groups in total. The van der Waals surface area contributed by atoms with Crippen LogP contribution in [0.15, 0.2) is 0 Å². The lowest BCUT2D eigenvalue weighted by atomic mass is 9.99. The molecule has 0 amide bonds. The number of hydrogen-bond donors (Lipinski definition) is 1. The molecular weight excluding hydrogens is 200 g/mol. The Morgan fingerprint density at radius 1 is 1.31 bits per heavy atom. The van der Waals surface area contributed by atoms with Crippen LogP contribution < -0.4 is 5.73 Å². The predicted molar refractivity (Wildman–Crippen MR) is 68.6 cm³/mol. The number of hydrogen-bond acceptors (Lipinski definition) is 3. The molecule has 0 aromatic heterocycles. The van der Waals surface area contributed by atoms with E-state index in [9.17, 15) is 0 Å². The third-order valence-electron chi connectivity index (χ3n) is 3.69. The van der Waals surface area contributed by atoms with E-state index in [0.29, 0.717) is 12.1 Å². The van der Waals surface area contributed by atoms with E-state index in [1.807, 2.05) is 7.11 Å². The van der Waals surface area contributed by atoms with Crippen LogP contribution in [0.5, 0.6) is 0 Å². The summed E-state index contributed by atoms with van der Waals surface area (Å²) < 4.78 is 5.43. The van der Waals surface area contributed by atoms with Crippen molar-refractivity contribution in [3.63, 3.8) is 0 Å². The summed E-state index contributed by atoms with van der Waals surface area (Å²) in [5, 5.41) is 0. The maximum Gasteiger partial charge on any atom is 0.0599 e. The van der Waals surface area contributed by atoms with E-state index in [-0.39, 0.29) is 0 Å². The highest BCUT2D eigenvalue weighted by Gasteiger charge is 2.26. The van der Waals surface area contributed by atoms with Crippen LogP contribution in [0.1, 0.15) is 45.4 Å². The first kappa shape index (κ1) is 13.9. The summed E-state index contributed by atoms with van der Waals surface area (Å²) in [6.45, 7) is 5.41. The fourth-order valence-electron chi connectivity index (χ4n) is 2.56. The third-order valence-corrected chi connectivity index (χ3v) is 3.69. The topological polar surface area (TPSA) is 38.5 Å². The van der Waals surface area contributed by atoms with Crippen molar-refractivity contribution in [1.82, 2.24) is 4.90 Å². The van der Waals surface area contributed by atoms with Crippen molar-refractivity contribution in [1.29, 1.82) is 0 Å². The summed E-state index contributed by atoms with van der Waals surface area (Å²) in [5.74, 6) is 0. The van der Waals surface area contributed by atoms with E-state index in [1.165, 1.54) is 38.6 Å². The minimum atomic E-state index is 0.431. The van der Waals surface area contributed by atoms with Crippen LogP contribution in [-0.2, 0) is 4.74 Å². The minimum Gasteiger partial charge on any atom is -0.381 e. The molecule has 1 heterocycles. The largest absolute Gasteiger partial charge is 0.381 e. The van der Waals surface area contributed by atoms with Gasteiger partial charge in [0.2, 0.25) is 0 Å². The first-order valence-corrected chi connectivity index (χ1v) is 6.78. The molecule has 0 aliphatic carbocycles. The van der Waals surface area contributed by atoms with Crippen LogP contribution in [0.25, 0.3) is 0 Å². The van der Waals surface area contributed by atoms with Crippen LogP contribution in [-0.4, -0.2) is 43.8 Å². The summed E-state index contributed by atoms with van der Waals surface area (Å²) >= 11 is 0. The van der Waals surface area contributed by atoms with Crippen LogP contribution in [0.3, 0.4) is 0 Å². The Morgan fingerprint density at radius 3 is 2.75 bits per heavy atom. The van der Waals surface area contributed by atoms with Crippen LogP contribution in [0, 0.1) is 0 Å². The fourth-order valence-corrected chi connectivity index (χ4v) is 2.56. The molecule has 1 saturated heterocycles. The molecule has 0 saturated carbocycles. The molecule has 0 bridgehead atoms. The molecule has 3 heteroatoms. The normalized spacial score (nSPS) is 27.2. The lowest BCUT2D eigenvalue weighted by Gasteiger charge is -2.38. The van der Waals surface area contributed by atoms with Gasteiger partial charge in [-0.2, -0.15) is 0 Å². The standard InChI is InChI=1S/C13H28N2O/c1-3-4-5-6-8-15-9-7-13(16-2)10-12(15)11-14/h12-13H,3-11,14H2,1-2H3. The zero-order valence-electron chi connectivity index (χ0n) is 11.0. The number of rotatable bonds is 7. The number of ether oxygens (including phenoxy) is 1. The maximum absolute atomic E-state index is 5.84. The molecule has 0 aromatic carbocycles. The Labute approximate surface area is 100 Å². The lowest BCUT2D eigenvalue weighted by Crippen LogP contribution is -2.48. The first-order chi connectivity index (χ1) is 7.81. The Balaban J connectivity index is 2.24. The Bertz CT molecular complexity index is 175. The number of nitrogens with two attached hydrogens (primary N) is 1. The highest BCUT2D eigenvalue weighted by molar-refractivity contribution is 4.82. The number of nitrogens with zero attached hydrogens (tertiary/aromatic N) is 1. The smallest absolute Gasteiger partial charge is 0.0599 e. The van der Waals surface area contributed by atoms with Gasteiger partial charge in [-0.3, -0.25) is 4.90 Å². The van der Waals surface area contributed by atoms with Crippen LogP contribution in [0.2, 0.25) is 0 Å². The van der Waals surface area contributed by atoms with Crippen molar-refractivity contribution in [2.24, 2.45) is 5.73 Å². The van der Waals surface area contributed by atoms with Gasteiger partial charge in [-0.15, -0.1) is 0 Å². The average Bonchev–Trinajstić information content (AvgIpc) is 2.34. The molecule has 2 unspecified atom stereocenters. The molecule has 1 aliphatic rings. The second-order valence-electron chi connectivity index (χ2n) is 4.87. The second kappa shape index (κ2) is 8.04. The Hall–Kier alpha value is -0.120. The third kappa shape index (κ3) is 4.40. The fraction of sp³-hybridized carbons (Fsp3) is 1.00. The monoisotopic (exact) mass is 228 g/mol. The Morgan fingerprint density at radius 2 is 2.12 bits per heavy atom. The van der Waals surface area contributed by atoms with Crippen LogP contribution >= 0.6 is 0 Å². The maximum atomic E-state index is 5.84. The lowest BCUT2D eigenvalue weighted by molar-refractivity contribution is 0.0128. The molecule has 1 aliphatic heterocycles. The van der Waals surface area contributed by atoms with Crippen molar-refractivity contribution < 1.29 is 4.74 Å². The number of unbranched alkanes of at least 4 members (excludes halogenated alkanes) is 3. The zero-order valence-corrected chi connectivity index (χ0v) is 11.0. The average molecular weight is 228 g/mol. The summed E-state index contributed by atoms with van der Waals surface area (Å²) in [6, 6.07) is 0.542. The molecule has 2 atom stereocenters. The zero-order chi connectivity index (χ0) is 11.8. The highest BCUT2D eigenvalue weighted by atomic mass is 16.5. The van der Waals surface area contributed by atoms with Gasteiger partial charge in [0.05, 0.1) is 6.10 Å². The SMILES string of the molecule is CCCCCCN1CCC(OC)CC1CN. The predicted octanol–water partition coefficient (Wildman–Crippen LogP) is 2.00. The van der Waals surface area contributed by atoms with E-state index in [0.717, 1.165) is 19.5 Å². The first-order valence-electron chi connectivity index (χ1n) is 6.78. The van der Waals surface area contributed by atoms with Gasteiger partial charge < -0.3 is 10.5 Å². The number of methoxy groups -OCH3 is 1. The summed E-state index contributed by atoms with van der Waals surface area (Å²) in [5.41, 5.74) is 5.84. The molecule has 0 aromatic rings. The Kier molecular flexibility index (Phi) is 7.01. The molecule has 1 fully saturated rings. The van der Waals surface area contributed by atoms with E-state index in [2.05, 4.69) is 11.8 Å². The number of likely N-dealkylation sites (tertiary alicyclic amines) is 1. The van der Waals surface area contributed by atoms with Gasteiger partial charge in [-0.05, 0) is 25.8 Å². The highest BCUT2D eigenvalue weighted by Crippen LogP contribution is 2.19. The van der Waals surface area contributed by atoms with Crippen molar-refractivity contribution in [2.45, 2.75) is 57.6 Å². The quantitative estimate of drug-likeness (QED) is 0.677. The molecule has 1 rings (SSSR count). The minimum absolute atomic E-state index is 0.431. The van der Waals surface area contributed by atoms with Crippen LogP contribution in [0.4, 0.5) is 0 Å². The summed E-state index contributed by atoms with van der Waals surface area (Å²) in [7, 11) is 1.81. The van der Waals surface area contributed by atoms with Crippen molar-refractivity contribution in [3.8, 4) is 0 Å². The summed E-state index contributed by atoms with van der Waals surface area (Å²) in [4.78, 5) is 2.56. The molecule has 0 radical (unpaired) electrons. The van der Waals surface area contributed by atoms with E-state index in [4.69, 9.17) is 10.5 Å². The number of piperidine rings is 1. The molecule has 96 valence electrons. The van der Waals surface area contributed by atoms with Gasteiger partial charge in [0, 0.05) is 26.2 Å². The molecular formula is C13H28N2O. The van der Waals surface area contributed by atoms with E-state index < -0.39 is 0 Å². The van der Waals surface area contributed by atoms with Gasteiger partial charge in [0.1, 0.15) is 0 Å². The van der Waals surface area contributed by atoms with Gasteiger partial charge in [-0.25, -0.2) is 0 Å². The molecule has 0 spiro atoms. The molecule has 16 heavy (non-hydrogen) atoms. The van der Waals surface area contributed by atoms with Gasteiger partial charge in [-0.1, -0.05) is 26.2 Å². The summed E-state index contributed by atoms with van der Waals surface area (Å²) in [6.07, 6.45) is 8.07. The van der Waals surface area contributed by atoms with Gasteiger partial charge in [0.15, 0.2) is 0 Å². The van der Waals surface area contributed by atoms with Crippen molar-refractivity contribution in [2.75, 3.05) is 26.7 Å².